The van der Waals surface area contributed by atoms with Gasteiger partial charge in [0.05, 0.1) is 5.92 Å². The molecule has 0 aliphatic heterocycles. The number of carbonyl (C=O) groups is 2. The first-order valence-corrected chi connectivity index (χ1v) is 10.1. The Morgan fingerprint density at radius 3 is 2.39 bits per heavy atom. The summed E-state index contributed by atoms with van der Waals surface area (Å²) in [5, 5.41) is 2.92. The Hall–Kier alpha value is -2.82. The van der Waals surface area contributed by atoms with Crippen LogP contribution in [-0.4, -0.2) is 18.0 Å². The maximum atomic E-state index is 12.5. The van der Waals surface area contributed by atoms with E-state index in [2.05, 4.69) is 40.4 Å². The molecule has 1 aliphatic carbocycles. The number of hydrogen-bond acceptors (Lipinski definition) is 2. The highest BCUT2D eigenvalue weighted by molar-refractivity contribution is 5.85. The monoisotopic (exact) mass is 379 g/mol. The van der Waals surface area contributed by atoms with E-state index < -0.39 is 0 Å². The fourth-order valence-electron chi connectivity index (χ4n) is 3.65. The van der Waals surface area contributed by atoms with E-state index >= 15 is 0 Å². The Morgan fingerprint density at radius 2 is 1.64 bits per heavy atom. The largest absolute Gasteiger partial charge is 0.334 e. The number of nitrogens with one attached hydrogen (secondary N) is 3. The van der Waals surface area contributed by atoms with Crippen LogP contribution in [0.1, 0.15) is 61.6 Å². The molecule has 0 bridgehead atoms. The van der Waals surface area contributed by atoms with Gasteiger partial charge >= 0.3 is 6.03 Å². The zero-order valence-electron chi connectivity index (χ0n) is 16.4. The zero-order valence-corrected chi connectivity index (χ0v) is 16.4. The van der Waals surface area contributed by atoms with Crippen LogP contribution in [0.3, 0.4) is 0 Å². The van der Waals surface area contributed by atoms with Crippen molar-refractivity contribution in [3.63, 3.8) is 0 Å². The second-order valence-electron chi connectivity index (χ2n) is 7.55. The van der Waals surface area contributed by atoms with Crippen molar-refractivity contribution < 1.29 is 9.59 Å². The van der Waals surface area contributed by atoms with Crippen molar-refractivity contribution in [3.05, 3.63) is 71.3 Å². The zero-order chi connectivity index (χ0) is 19.8. The van der Waals surface area contributed by atoms with E-state index in [1.807, 2.05) is 37.3 Å². The van der Waals surface area contributed by atoms with Crippen molar-refractivity contribution in [2.75, 3.05) is 0 Å². The van der Waals surface area contributed by atoms with E-state index in [-0.39, 0.29) is 23.9 Å². The molecular formula is C23H29N3O2. The van der Waals surface area contributed by atoms with Crippen molar-refractivity contribution in [1.82, 2.24) is 16.2 Å². The molecule has 28 heavy (non-hydrogen) atoms. The molecule has 1 aliphatic rings. The highest BCUT2D eigenvalue weighted by atomic mass is 16.2. The number of amides is 3. The quantitative estimate of drug-likeness (QED) is 0.686. The molecule has 5 heteroatoms. The molecule has 3 N–H and O–H groups in total. The molecule has 0 saturated heterocycles. The summed E-state index contributed by atoms with van der Waals surface area (Å²) in [6, 6.07) is 18.2. The second-order valence-corrected chi connectivity index (χ2v) is 7.55. The summed E-state index contributed by atoms with van der Waals surface area (Å²) in [7, 11) is 0. The lowest BCUT2D eigenvalue weighted by Gasteiger charge is -2.23. The van der Waals surface area contributed by atoms with Gasteiger partial charge in [-0.1, -0.05) is 73.9 Å². The molecule has 1 atom stereocenters. The molecule has 5 nitrogen and oxygen atoms in total. The molecule has 3 amide bonds. The van der Waals surface area contributed by atoms with Crippen molar-refractivity contribution in [1.29, 1.82) is 0 Å². The first-order valence-electron chi connectivity index (χ1n) is 10.1. The molecule has 2 aromatic rings. The Bertz CT molecular complexity index is 785. The van der Waals surface area contributed by atoms with Crippen LogP contribution < -0.4 is 16.2 Å². The van der Waals surface area contributed by atoms with Gasteiger partial charge in [0, 0.05) is 6.04 Å². The minimum absolute atomic E-state index is 0.206. The van der Waals surface area contributed by atoms with Gasteiger partial charge in [-0.25, -0.2) is 10.2 Å². The van der Waals surface area contributed by atoms with Gasteiger partial charge in [-0.05, 0) is 42.9 Å². The minimum Gasteiger partial charge on any atom is -0.334 e. The van der Waals surface area contributed by atoms with Gasteiger partial charge in [0.15, 0.2) is 0 Å². The van der Waals surface area contributed by atoms with Crippen molar-refractivity contribution in [3.8, 4) is 0 Å². The number of carbonyl (C=O) groups excluding carboxylic acids is 2. The van der Waals surface area contributed by atoms with Crippen LogP contribution >= 0.6 is 0 Å². The van der Waals surface area contributed by atoms with Gasteiger partial charge in [-0.15, -0.1) is 0 Å². The summed E-state index contributed by atoms with van der Waals surface area (Å²) in [5.74, 6) is -0.582. The van der Waals surface area contributed by atoms with Crippen molar-refractivity contribution >= 4 is 11.9 Å². The summed E-state index contributed by atoms with van der Waals surface area (Å²) in [5.41, 5.74) is 8.35. The Labute approximate surface area is 166 Å². The normalized spacial score (nSPS) is 15.5. The van der Waals surface area contributed by atoms with Crippen LogP contribution in [0.25, 0.3) is 0 Å². The standard InChI is InChI=1S/C23H29N3O2/c1-17(22(27)25-26-23(28)24-21-13-6-3-7-14-21)20-12-8-11-19(16-20)15-18-9-4-2-5-10-18/h2,4-5,8-12,16-17,21H,3,6-7,13-15H2,1H3,(H,25,27)(H2,24,26,28). The number of hydrogen-bond donors (Lipinski definition) is 3. The third kappa shape index (κ3) is 5.84. The van der Waals surface area contributed by atoms with Crippen molar-refractivity contribution in [2.45, 2.75) is 57.4 Å². The summed E-state index contributed by atoms with van der Waals surface area (Å²) in [6.07, 6.45) is 6.36. The average Bonchev–Trinajstić information content (AvgIpc) is 2.73. The Morgan fingerprint density at radius 1 is 0.929 bits per heavy atom. The predicted octanol–water partition coefficient (Wildman–Crippen LogP) is 4.04. The lowest BCUT2D eigenvalue weighted by Crippen LogP contribution is -2.51. The van der Waals surface area contributed by atoms with Gasteiger partial charge in [0.1, 0.15) is 0 Å². The minimum atomic E-state index is -0.356. The maximum absolute atomic E-state index is 12.5. The van der Waals surface area contributed by atoms with Gasteiger partial charge in [0.25, 0.3) is 0 Å². The Kier molecular flexibility index (Phi) is 7.06. The SMILES string of the molecule is CC(C(=O)NNC(=O)NC1CCCCC1)c1cccc(Cc2ccccc2)c1. The van der Waals surface area contributed by atoms with E-state index in [1.165, 1.54) is 12.0 Å². The fraction of sp³-hybridized carbons (Fsp3) is 0.391. The predicted molar refractivity (Wildman–Crippen MR) is 111 cm³/mol. The third-order valence-corrected chi connectivity index (χ3v) is 5.34. The molecule has 2 aromatic carbocycles. The van der Waals surface area contributed by atoms with Crippen LogP contribution in [0, 0.1) is 0 Å². The molecule has 3 rings (SSSR count). The number of urea groups is 1. The van der Waals surface area contributed by atoms with Crippen LogP contribution in [-0.2, 0) is 11.2 Å². The third-order valence-electron chi connectivity index (χ3n) is 5.34. The van der Waals surface area contributed by atoms with Gasteiger partial charge in [-0.3, -0.25) is 10.2 Å². The number of benzene rings is 2. The molecule has 1 unspecified atom stereocenters. The van der Waals surface area contributed by atoms with Gasteiger partial charge in [0.2, 0.25) is 5.91 Å². The average molecular weight is 380 g/mol. The van der Waals surface area contributed by atoms with Gasteiger partial charge < -0.3 is 5.32 Å². The smallest absolute Gasteiger partial charge is 0.333 e. The summed E-state index contributed by atoms with van der Waals surface area (Å²) in [6.45, 7) is 1.84. The fourth-order valence-corrected chi connectivity index (χ4v) is 3.65. The van der Waals surface area contributed by atoms with Crippen LogP contribution in [0.2, 0.25) is 0 Å². The molecule has 0 aromatic heterocycles. The number of hydrazine groups is 1. The van der Waals surface area contributed by atoms with Gasteiger partial charge in [-0.2, -0.15) is 0 Å². The molecule has 148 valence electrons. The lowest BCUT2D eigenvalue weighted by molar-refractivity contribution is -0.122. The second kappa shape index (κ2) is 9.93. The molecule has 0 radical (unpaired) electrons. The molecule has 1 fully saturated rings. The molecule has 1 saturated carbocycles. The molecule has 0 heterocycles. The first-order chi connectivity index (χ1) is 13.6. The van der Waals surface area contributed by atoms with E-state index in [9.17, 15) is 9.59 Å². The van der Waals surface area contributed by atoms with Crippen molar-refractivity contribution in [2.24, 2.45) is 0 Å². The van der Waals surface area contributed by atoms with E-state index in [0.29, 0.717) is 0 Å². The van der Waals surface area contributed by atoms with E-state index in [0.717, 1.165) is 43.2 Å². The molecule has 0 spiro atoms. The van der Waals surface area contributed by atoms with Crippen LogP contribution in [0.4, 0.5) is 4.79 Å². The van der Waals surface area contributed by atoms with Crippen LogP contribution in [0.5, 0.6) is 0 Å². The van der Waals surface area contributed by atoms with E-state index in [4.69, 9.17) is 0 Å². The summed E-state index contributed by atoms with van der Waals surface area (Å²) < 4.78 is 0. The maximum Gasteiger partial charge on any atom is 0.333 e. The van der Waals surface area contributed by atoms with Crippen LogP contribution in [0.15, 0.2) is 54.6 Å². The summed E-state index contributed by atoms with van der Waals surface area (Å²) in [4.78, 5) is 24.5. The highest BCUT2D eigenvalue weighted by Gasteiger charge is 2.18. The highest BCUT2D eigenvalue weighted by Crippen LogP contribution is 2.19. The lowest BCUT2D eigenvalue weighted by atomic mass is 9.96. The topological polar surface area (TPSA) is 70.2 Å². The number of rotatable bonds is 5. The summed E-state index contributed by atoms with van der Waals surface area (Å²) >= 11 is 0. The first kappa shape index (κ1) is 19.9. The van der Waals surface area contributed by atoms with E-state index in [1.54, 1.807) is 0 Å². The molecular weight excluding hydrogens is 350 g/mol. The Balaban J connectivity index is 1.51.